The van der Waals surface area contributed by atoms with Crippen molar-refractivity contribution in [3.63, 3.8) is 0 Å². The SMILES string of the molecule is CC(C)(CC(=O)O)NC(=O)c1ccc(N2CC(F)(F)C2)c(OCC2CC2)n1. The van der Waals surface area contributed by atoms with Gasteiger partial charge in [-0.15, -0.1) is 0 Å². The van der Waals surface area contributed by atoms with Crippen molar-refractivity contribution < 1.29 is 28.2 Å². The fraction of sp³-hybridized carbons (Fsp3) is 0.611. The van der Waals surface area contributed by atoms with Crippen LogP contribution in [0.3, 0.4) is 0 Å². The van der Waals surface area contributed by atoms with Gasteiger partial charge in [0, 0.05) is 5.54 Å². The van der Waals surface area contributed by atoms with E-state index in [1.165, 1.54) is 11.0 Å². The molecule has 3 rings (SSSR count). The molecule has 0 bridgehead atoms. The normalized spacial score (nSPS) is 18.6. The highest BCUT2D eigenvalue weighted by Crippen LogP contribution is 2.37. The third kappa shape index (κ3) is 5.05. The second kappa shape index (κ2) is 6.94. The van der Waals surface area contributed by atoms with Crippen LogP contribution < -0.4 is 15.0 Å². The molecule has 0 radical (unpaired) electrons. The first-order chi connectivity index (χ1) is 12.5. The lowest BCUT2D eigenvalue weighted by atomic mass is 10.0. The van der Waals surface area contributed by atoms with E-state index in [-0.39, 0.29) is 18.0 Å². The van der Waals surface area contributed by atoms with Crippen molar-refractivity contribution in [1.82, 2.24) is 10.3 Å². The van der Waals surface area contributed by atoms with Crippen LogP contribution in [0.25, 0.3) is 0 Å². The molecule has 1 saturated carbocycles. The van der Waals surface area contributed by atoms with Gasteiger partial charge in [0.05, 0.1) is 26.1 Å². The number of aliphatic carboxylic acids is 1. The number of carbonyl (C=O) groups is 2. The van der Waals surface area contributed by atoms with Gasteiger partial charge in [-0.2, -0.15) is 0 Å². The van der Waals surface area contributed by atoms with Crippen LogP contribution >= 0.6 is 0 Å². The maximum atomic E-state index is 13.2. The molecule has 7 nitrogen and oxygen atoms in total. The fourth-order valence-corrected chi connectivity index (χ4v) is 2.86. The number of halogens is 2. The van der Waals surface area contributed by atoms with Gasteiger partial charge in [0.15, 0.2) is 0 Å². The molecule has 1 aromatic rings. The van der Waals surface area contributed by atoms with Crippen molar-refractivity contribution in [1.29, 1.82) is 0 Å². The summed E-state index contributed by atoms with van der Waals surface area (Å²) in [5, 5.41) is 11.6. The number of carboxylic acid groups (broad SMARTS) is 1. The second-order valence-corrected chi connectivity index (χ2v) is 7.90. The van der Waals surface area contributed by atoms with Gasteiger partial charge in [-0.05, 0) is 44.7 Å². The molecular formula is C18H23F2N3O4. The van der Waals surface area contributed by atoms with E-state index in [4.69, 9.17) is 9.84 Å². The molecular weight excluding hydrogens is 360 g/mol. The average molecular weight is 383 g/mol. The first kappa shape index (κ1) is 19.3. The molecule has 0 spiro atoms. The highest BCUT2D eigenvalue weighted by molar-refractivity contribution is 5.93. The summed E-state index contributed by atoms with van der Waals surface area (Å²) in [5.41, 5.74) is -0.476. The smallest absolute Gasteiger partial charge is 0.305 e. The predicted octanol–water partition coefficient (Wildman–Crippen LogP) is 2.31. The highest BCUT2D eigenvalue weighted by atomic mass is 19.3. The molecule has 2 N–H and O–H groups in total. The summed E-state index contributed by atoms with van der Waals surface area (Å²) in [6, 6.07) is 2.98. The molecule has 2 heterocycles. The molecule has 2 aliphatic rings. The summed E-state index contributed by atoms with van der Waals surface area (Å²) in [4.78, 5) is 29.0. The highest BCUT2D eigenvalue weighted by Gasteiger charge is 2.45. The lowest BCUT2D eigenvalue weighted by molar-refractivity contribution is -0.138. The van der Waals surface area contributed by atoms with Crippen LogP contribution in [0.1, 0.15) is 43.6 Å². The molecule has 148 valence electrons. The molecule has 1 saturated heterocycles. The van der Waals surface area contributed by atoms with Crippen molar-refractivity contribution >= 4 is 17.6 Å². The largest absolute Gasteiger partial charge is 0.481 e. The summed E-state index contributed by atoms with van der Waals surface area (Å²) in [6.45, 7) is 2.80. The summed E-state index contributed by atoms with van der Waals surface area (Å²) in [7, 11) is 0. The third-order valence-electron chi connectivity index (χ3n) is 4.46. The minimum absolute atomic E-state index is 0.0512. The second-order valence-electron chi connectivity index (χ2n) is 7.90. The van der Waals surface area contributed by atoms with Gasteiger partial charge in [-0.25, -0.2) is 13.8 Å². The molecule has 1 aliphatic carbocycles. The minimum atomic E-state index is -2.73. The van der Waals surface area contributed by atoms with Crippen molar-refractivity contribution in [2.24, 2.45) is 5.92 Å². The van der Waals surface area contributed by atoms with Gasteiger partial charge in [-0.1, -0.05) is 0 Å². The maximum Gasteiger partial charge on any atom is 0.305 e. The van der Waals surface area contributed by atoms with Crippen LogP contribution in [0.15, 0.2) is 12.1 Å². The summed E-state index contributed by atoms with van der Waals surface area (Å²) >= 11 is 0. The van der Waals surface area contributed by atoms with Crippen LogP contribution in [-0.4, -0.2) is 53.1 Å². The Labute approximate surface area is 155 Å². The van der Waals surface area contributed by atoms with Gasteiger partial charge in [0.25, 0.3) is 11.8 Å². The van der Waals surface area contributed by atoms with Gasteiger partial charge in [0.1, 0.15) is 11.4 Å². The molecule has 0 unspecified atom stereocenters. The first-order valence-electron chi connectivity index (χ1n) is 8.86. The number of nitrogens with one attached hydrogen (secondary N) is 1. The quantitative estimate of drug-likeness (QED) is 0.716. The molecule has 9 heteroatoms. The Morgan fingerprint density at radius 1 is 1.37 bits per heavy atom. The third-order valence-corrected chi connectivity index (χ3v) is 4.46. The van der Waals surface area contributed by atoms with E-state index in [1.54, 1.807) is 19.9 Å². The lowest BCUT2D eigenvalue weighted by Gasteiger charge is -2.40. The number of ether oxygens (including phenoxy) is 1. The van der Waals surface area contributed by atoms with E-state index >= 15 is 0 Å². The Morgan fingerprint density at radius 3 is 2.59 bits per heavy atom. The number of anilines is 1. The van der Waals surface area contributed by atoms with E-state index in [1.807, 2.05) is 0 Å². The number of carbonyl (C=O) groups excluding carboxylic acids is 1. The topological polar surface area (TPSA) is 91.8 Å². The Bertz CT molecular complexity index is 742. The number of alkyl halides is 2. The minimum Gasteiger partial charge on any atom is -0.481 e. The monoisotopic (exact) mass is 383 g/mol. The van der Waals surface area contributed by atoms with Crippen molar-refractivity contribution in [3.05, 3.63) is 17.8 Å². The molecule has 1 aliphatic heterocycles. The van der Waals surface area contributed by atoms with Crippen molar-refractivity contribution in [3.8, 4) is 5.88 Å². The molecule has 2 fully saturated rings. The van der Waals surface area contributed by atoms with Crippen molar-refractivity contribution in [2.45, 2.75) is 44.6 Å². The Balaban J connectivity index is 1.76. The number of hydrogen-bond donors (Lipinski definition) is 2. The number of pyridine rings is 1. The van der Waals surface area contributed by atoms with E-state index in [0.717, 1.165) is 12.8 Å². The van der Waals surface area contributed by atoms with E-state index in [2.05, 4.69) is 10.3 Å². The van der Waals surface area contributed by atoms with Crippen LogP contribution in [0.2, 0.25) is 0 Å². The number of nitrogens with zero attached hydrogens (tertiary/aromatic N) is 2. The number of rotatable bonds is 8. The fourth-order valence-electron chi connectivity index (χ4n) is 2.86. The van der Waals surface area contributed by atoms with Crippen molar-refractivity contribution in [2.75, 3.05) is 24.6 Å². The van der Waals surface area contributed by atoms with Gasteiger partial charge >= 0.3 is 5.97 Å². The molecule has 27 heavy (non-hydrogen) atoms. The van der Waals surface area contributed by atoms with E-state index < -0.39 is 36.4 Å². The average Bonchev–Trinajstić information content (AvgIpc) is 3.32. The zero-order valence-electron chi connectivity index (χ0n) is 15.3. The predicted molar refractivity (Wildman–Crippen MR) is 93.4 cm³/mol. The van der Waals surface area contributed by atoms with Gasteiger partial charge in [-0.3, -0.25) is 9.59 Å². The van der Waals surface area contributed by atoms with Crippen LogP contribution in [0.5, 0.6) is 5.88 Å². The molecule has 0 atom stereocenters. The molecule has 0 aromatic carbocycles. The number of hydrogen-bond acceptors (Lipinski definition) is 5. The standard InChI is InChI=1S/C18H23F2N3O4/c1-17(2,7-14(24)25)22-15(26)12-5-6-13(23-9-18(19,20)10-23)16(21-12)27-8-11-3-4-11/h5-6,11H,3-4,7-10H2,1-2H3,(H,22,26)(H,24,25). The van der Waals surface area contributed by atoms with E-state index in [9.17, 15) is 18.4 Å². The van der Waals surface area contributed by atoms with Gasteiger partial charge in [0.2, 0.25) is 5.88 Å². The summed E-state index contributed by atoms with van der Waals surface area (Å²) in [6.07, 6.45) is 1.87. The number of aromatic nitrogens is 1. The van der Waals surface area contributed by atoms with Crippen LogP contribution in [0, 0.1) is 5.92 Å². The van der Waals surface area contributed by atoms with Gasteiger partial charge < -0.3 is 20.1 Å². The van der Waals surface area contributed by atoms with Crippen LogP contribution in [-0.2, 0) is 4.79 Å². The maximum absolute atomic E-state index is 13.2. The zero-order valence-corrected chi connectivity index (χ0v) is 15.3. The van der Waals surface area contributed by atoms with E-state index in [0.29, 0.717) is 18.2 Å². The zero-order chi connectivity index (χ0) is 19.8. The Hall–Kier alpha value is -2.45. The Kier molecular flexibility index (Phi) is 4.96. The lowest BCUT2D eigenvalue weighted by Crippen LogP contribution is -2.56. The molecule has 1 aromatic heterocycles. The Morgan fingerprint density at radius 2 is 2.04 bits per heavy atom. The summed E-state index contributed by atoms with van der Waals surface area (Å²) in [5.74, 6) is -3.72. The first-order valence-corrected chi connectivity index (χ1v) is 8.86. The molecule has 1 amide bonds. The van der Waals surface area contributed by atoms with Crippen LogP contribution in [0.4, 0.5) is 14.5 Å². The summed E-state index contributed by atoms with van der Waals surface area (Å²) < 4.78 is 32.1. The number of amides is 1. The number of carboxylic acids is 1.